The molecule has 0 unspecified atom stereocenters. The second kappa shape index (κ2) is 9.09. The van der Waals surface area contributed by atoms with E-state index in [4.69, 9.17) is 0 Å². The Balaban J connectivity index is 0.00000312. The number of nitro benzene ring substituents is 1. The van der Waals surface area contributed by atoms with E-state index in [1.165, 1.54) is 28.6 Å². The largest absolute Gasteiger partial charge is 0.340 e. The van der Waals surface area contributed by atoms with E-state index >= 15 is 0 Å². The highest BCUT2D eigenvalue weighted by Gasteiger charge is 2.34. The normalized spacial score (nSPS) is 15.5. The standard InChI is InChI=1S/C14H20N4O5S.ClH/c1-15-7-6-14(19)16-8-10-17(11-9-16)24(22,23)13-5-3-2-4-12(13)18(20)21;/h2-5,15H,6-11H2,1H3;1H. The zero-order chi connectivity index (χ0) is 17.7. The van der Waals surface area contributed by atoms with Gasteiger partial charge in [-0.3, -0.25) is 14.9 Å². The highest BCUT2D eigenvalue weighted by molar-refractivity contribution is 7.89. The summed E-state index contributed by atoms with van der Waals surface area (Å²) in [5, 5.41) is 13.9. The van der Waals surface area contributed by atoms with Gasteiger partial charge in [0.05, 0.1) is 4.92 Å². The van der Waals surface area contributed by atoms with Crippen LogP contribution in [0.1, 0.15) is 6.42 Å². The van der Waals surface area contributed by atoms with Gasteiger partial charge in [-0.15, -0.1) is 12.4 Å². The molecule has 1 aromatic carbocycles. The lowest BCUT2D eigenvalue weighted by molar-refractivity contribution is -0.387. The molecule has 0 spiro atoms. The quantitative estimate of drug-likeness (QED) is 0.555. The maximum atomic E-state index is 12.7. The zero-order valence-electron chi connectivity index (χ0n) is 13.8. The first-order valence-electron chi connectivity index (χ1n) is 7.54. The van der Waals surface area contributed by atoms with Crippen molar-refractivity contribution >= 4 is 34.0 Å². The Bertz CT molecular complexity index is 720. The minimum Gasteiger partial charge on any atom is -0.340 e. The van der Waals surface area contributed by atoms with Crippen molar-refractivity contribution in [3.63, 3.8) is 0 Å². The first-order chi connectivity index (χ1) is 11.4. The van der Waals surface area contributed by atoms with Crippen LogP contribution in [0.2, 0.25) is 0 Å². The first kappa shape index (κ1) is 21.3. The van der Waals surface area contributed by atoms with E-state index in [1.807, 2.05) is 0 Å². The van der Waals surface area contributed by atoms with Crippen LogP contribution in [0, 0.1) is 10.1 Å². The molecule has 1 aliphatic heterocycles. The van der Waals surface area contributed by atoms with Gasteiger partial charge in [-0.25, -0.2) is 8.42 Å². The smallest absolute Gasteiger partial charge is 0.289 e. The van der Waals surface area contributed by atoms with Crippen LogP contribution in [0.5, 0.6) is 0 Å². The summed E-state index contributed by atoms with van der Waals surface area (Å²) >= 11 is 0. The molecule has 0 radical (unpaired) electrons. The SMILES string of the molecule is CNCCC(=O)N1CCN(S(=O)(=O)c2ccccc2[N+](=O)[O-])CC1.Cl. The van der Waals surface area contributed by atoms with Crippen LogP contribution in [-0.2, 0) is 14.8 Å². The molecule has 25 heavy (non-hydrogen) atoms. The fourth-order valence-electron chi connectivity index (χ4n) is 2.53. The van der Waals surface area contributed by atoms with Crippen molar-refractivity contribution in [3.8, 4) is 0 Å². The van der Waals surface area contributed by atoms with E-state index in [9.17, 15) is 23.3 Å². The van der Waals surface area contributed by atoms with Gasteiger partial charge in [0.2, 0.25) is 15.9 Å². The Hall–Kier alpha value is -1.75. The number of piperazine rings is 1. The summed E-state index contributed by atoms with van der Waals surface area (Å²) in [5.74, 6) is -0.0351. The highest BCUT2D eigenvalue weighted by Crippen LogP contribution is 2.26. The number of sulfonamides is 1. The second-order valence-corrected chi connectivity index (χ2v) is 7.27. The van der Waals surface area contributed by atoms with Crippen molar-refractivity contribution in [1.29, 1.82) is 0 Å². The molecule has 1 heterocycles. The lowest BCUT2D eigenvalue weighted by atomic mass is 10.3. The number of carbonyl (C=O) groups excluding carboxylic acids is 1. The minimum absolute atomic E-state index is 0. The Morgan fingerprint density at radius 1 is 1.24 bits per heavy atom. The summed E-state index contributed by atoms with van der Waals surface area (Å²) in [6, 6.07) is 5.29. The lowest BCUT2D eigenvalue weighted by Gasteiger charge is -2.34. The second-order valence-electron chi connectivity index (χ2n) is 5.36. The number of halogens is 1. The fourth-order valence-corrected chi connectivity index (χ4v) is 4.11. The van der Waals surface area contributed by atoms with Gasteiger partial charge in [0, 0.05) is 45.2 Å². The van der Waals surface area contributed by atoms with Gasteiger partial charge in [0.25, 0.3) is 5.69 Å². The van der Waals surface area contributed by atoms with Crippen molar-refractivity contribution in [2.45, 2.75) is 11.3 Å². The molecule has 0 saturated carbocycles. The number of carbonyl (C=O) groups is 1. The molecule has 2 rings (SSSR count). The minimum atomic E-state index is -3.96. The maximum absolute atomic E-state index is 12.7. The van der Waals surface area contributed by atoms with Gasteiger partial charge in [-0.1, -0.05) is 12.1 Å². The summed E-state index contributed by atoms with van der Waals surface area (Å²) in [4.78, 5) is 23.6. The number of rotatable bonds is 6. The molecule has 1 aromatic rings. The summed E-state index contributed by atoms with van der Waals surface area (Å²) in [7, 11) is -2.21. The van der Waals surface area contributed by atoms with Gasteiger partial charge in [-0.05, 0) is 13.1 Å². The molecule has 11 heteroatoms. The number of hydrogen-bond donors (Lipinski definition) is 1. The van der Waals surface area contributed by atoms with Crippen LogP contribution in [0.4, 0.5) is 5.69 Å². The third kappa shape index (κ3) is 4.88. The number of para-hydroxylation sites is 1. The third-order valence-electron chi connectivity index (χ3n) is 3.86. The summed E-state index contributed by atoms with van der Waals surface area (Å²) in [5.41, 5.74) is -0.440. The number of benzene rings is 1. The number of nitrogens with one attached hydrogen (secondary N) is 1. The molecule has 1 N–H and O–H groups in total. The van der Waals surface area contributed by atoms with Crippen molar-refractivity contribution < 1.29 is 18.1 Å². The molecule has 140 valence electrons. The number of nitro groups is 1. The number of hydrogen-bond acceptors (Lipinski definition) is 6. The Kier molecular flexibility index (Phi) is 7.74. The molecule has 1 fully saturated rings. The van der Waals surface area contributed by atoms with Crippen molar-refractivity contribution in [1.82, 2.24) is 14.5 Å². The first-order valence-corrected chi connectivity index (χ1v) is 8.98. The van der Waals surface area contributed by atoms with Crippen LogP contribution in [0.3, 0.4) is 0 Å². The molecule has 0 atom stereocenters. The average molecular weight is 393 g/mol. The van der Waals surface area contributed by atoms with E-state index in [1.54, 1.807) is 11.9 Å². The molecule has 0 bridgehead atoms. The number of nitrogens with zero attached hydrogens (tertiary/aromatic N) is 3. The van der Waals surface area contributed by atoms with E-state index in [0.717, 1.165) is 0 Å². The van der Waals surface area contributed by atoms with Crippen LogP contribution < -0.4 is 5.32 Å². The Morgan fingerprint density at radius 2 is 1.84 bits per heavy atom. The van der Waals surface area contributed by atoms with Crippen LogP contribution >= 0.6 is 12.4 Å². The molecular formula is C14H21ClN4O5S. The van der Waals surface area contributed by atoms with Gasteiger partial charge in [0.1, 0.15) is 0 Å². The molecular weight excluding hydrogens is 372 g/mol. The third-order valence-corrected chi connectivity index (χ3v) is 5.81. The predicted octanol–water partition coefficient (Wildman–Crippen LogP) is 0.459. The van der Waals surface area contributed by atoms with E-state index in [0.29, 0.717) is 13.0 Å². The van der Waals surface area contributed by atoms with Gasteiger partial charge < -0.3 is 10.2 Å². The van der Waals surface area contributed by atoms with E-state index in [-0.39, 0.29) is 49.4 Å². The molecule has 0 aromatic heterocycles. The summed E-state index contributed by atoms with van der Waals surface area (Å²) in [6.45, 7) is 1.37. The van der Waals surface area contributed by atoms with E-state index < -0.39 is 20.6 Å². The number of amides is 1. The van der Waals surface area contributed by atoms with Crippen LogP contribution in [-0.4, -0.2) is 68.2 Å². The molecule has 1 aliphatic rings. The van der Waals surface area contributed by atoms with Crippen molar-refractivity contribution in [3.05, 3.63) is 34.4 Å². The lowest BCUT2D eigenvalue weighted by Crippen LogP contribution is -2.50. The Morgan fingerprint density at radius 3 is 2.40 bits per heavy atom. The van der Waals surface area contributed by atoms with Crippen molar-refractivity contribution in [2.75, 3.05) is 39.8 Å². The summed E-state index contributed by atoms with van der Waals surface area (Å²) < 4.78 is 26.5. The monoisotopic (exact) mass is 392 g/mol. The van der Waals surface area contributed by atoms with E-state index in [2.05, 4.69) is 5.32 Å². The molecule has 1 amide bonds. The van der Waals surface area contributed by atoms with Crippen LogP contribution in [0.15, 0.2) is 29.2 Å². The average Bonchev–Trinajstić information content (AvgIpc) is 2.59. The zero-order valence-corrected chi connectivity index (χ0v) is 15.4. The molecule has 1 saturated heterocycles. The van der Waals surface area contributed by atoms with Crippen LogP contribution in [0.25, 0.3) is 0 Å². The van der Waals surface area contributed by atoms with Crippen molar-refractivity contribution in [2.24, 2.45) is 0 Å². The fraction of sp³-hybridized carbons (Fsp3) is 0.500. The predicted molar refractivity (Wildman–Crippen MR) is 94.2 cm³/mol. The highest BCUT2D eigenvalue weighted by atomic mass is 35.5. The van der Waals surface area contributed by atoms with Gasteiger partial charge >= 0.3 is 0 Å². The maximum Gasteiger partial charge on any atom is 0.289 e. The topological polar surface area (TPSA) is 113 Å². The van der Waals surface area contributed by atoms with Gasteiger partial charge in [0.15, 0.2) is 4.90 Å². The Labute approximate surface area is 152 Å². The molecule has 9 nitrogen and oxygen atoms in total. The summed E-state index contributed by atoms with van der Waals surface area (Å²) in [6.07, 6.45) is 0.355. The van der Waals surface area contributed by atoms with Gasteiger partial charge in [-0.2, -0.15) is 4.31 Å². The molecule has 0 aliphatic carbocycles.